The number of ketones is 1. The summed E-state index contributed by atoms with van der Waals surface area (Å²) in [7, 11) is 0. The fourth-order valence-electron chi connectivity index (χ4n) is 6.73. The van der Waals surface area contributed by atoms with Crippen LogP contribution in [0.1, 0.15) is 110 Å². The number of Topliss-reactive ketones (excluding diaryl/α,β-unsaturated/α-hetero) is 1. The molecule has 3 aliphatic carbocycles. The molecule has 0 spiro atoms. The summed E-state index contributed by atoms with van der Waals surface area (Å²) in [4.78, 5) is 12.5. The van der Waals surface area contributed by atoms with E-state index in [2.05, 4.69) is 13.8 Å². The van der Waals surface area contributed by atoms with Gasteiger partial charge in [-0.1, -0.05) is 71.6 Å². The Morgan fingerprint density at radius 3 is 2.32 bits per heavy atom. The third-order valence-corrected chi connectivity index (χ3v) is 7.86. The van der Waals surface area contributed by atoms with Crippen molar-refractivity contribution in [1.82, 2.24) is 0 Å². The normalized spacial score (nSPS) is 39.0. The van der Waals surface area contributed by atoms with Gasteiger partial charge in [-0.25, -0.2) is 0 Å². The quantitative estimate of drug-likeness (QED) is 0.446. The zero-order chi connectivity index (χ0) is 17.6. The van der Waals surface area contributed by atoms with Crippen molar-refractivity contribution in [2.45, 2.75) is 110 Å². The Kier molecular flexibility index (Phi) is 7.43. The molecule has 0 aromatic heterocycles. The molecule has 0 aromatic rings. The first-order valence-corrected chi connectivity index (χ1v) is 11.7. The lowest BCUT2D eigenvalue weighted by molar-refractivity contribution is -0.124. The van der Waals surface area contributed by atoms with Gasteiger partial charge < -0.3 is 0 Å². The average molecular weight is 347 g/mol. The second-order valence-corrected chi connectivity index (χ2v) is 10.1. The number of hydrogen-bond donors (Lipinski definition) is 0. The van der Waals surface area contributed by atoms with Gasteiger partial charge in [0.1, 0.15) is 5.78 Å². The van der Waals surface area contributed by atoms with E-state index in [-0.39, 0.29) is 0 Å². The van der Waals surface area contributed by atoms with Crippen LogP contribution in [0.4, 0.5) is 0 Å². The zero-order valence-corrected chi connectivity index (χ0v) is 17.0. The SMILES string of the molecule is CC1CC(C)CC(C(=O)CCCCCC2CCCC3CCCCC23)C1. The first kappa shape index (κ1) is 19.4. The van der Waals surface area contributed by atoms with Gasteiger partial charge in [0.15, 0.2) is 0 Å². The van der Waals surface area contributed by atoms with E-state index < -0.39 is 0 Å². The molecular weight excluding hydrogens is 304 g/mol. The Labute approximate surface area is 156 Å². The van der Waals surface area contributed by atoms with E-state index in [1.54, 1.807) is 0 Å². The van der Waals surface area contributed by atoms with Gasteiger partial charge in [0.05, 0.1) is 0 Å². The van der Waals surface area contributed by atoms with Crippen molar-refractivity contribution in [2.24, 2.45) is 35.5 Å². The van der Waals surface area contributed by atoms with Crippen LogP contribution in [0.3, 0.4) is 0 Å². The first-order chi connectivity index (χ1) is 12.1. The summed E-state index contributed by atoms with van der Waals surface area (Å²) in [5.41, 5.74) is 0. The summed E-state index contributed by atoms with van der Waals surface area (Å²) in [6.45, 7) is 4.66. The molecule has 0 N–H and O–H groups in total. The van der Waals surface area contributed by atoms with Gasteiger partial charge in [-0.05, 0) is 61.7 Å². The zero-order valence-electron chi connectivity index (χ0n) is 17.0. The predicted octanol–water partition coefficient (Wildman–Crippen LogP) is 7.18. The summed E-state index contributed by atoms with van der Waals surface area (Å²) < 4.78 is 0. The van der Waals surface area contributed by atoms with E-state index in [1.807, 2.05) is 0 Å². The topological polar surface area (TPSA) is 17.1 Å². The number of carbonyl (C=O) groups excluding carboxylic acids is 1. The van der Waals surface area contributed by atoms with Crippen molar-refractivity contribution in [1.29, 1.82) is 0 Å². The molecule has 0 amide bonds. The number of hydrogen-bond acceptors (Lipinski definition) is 1. The molecule has 1 heteroatoms. The highest BCUT2D eigenvalue weighted by atomic mass is 16.1. The lowest BCUT2D eigenvalue weighted by Gasteiger charge is -2.41. The van der Waals surface area contributed by atoms with Crippen LogP contribution in [0, 0.1) is 35.5 Å². The van der Waals surface area contributed by atoms with Gasteiger partial charge in [0, 0.05) is 12.3 Å². The number of unbranched alkanes of at least 4 members (excludes halogenated alkanes) is 2. The van der Waals surface area contributed by atoms with E-state index in [1.165, 1.54) is 70.6 Å². The van der Waals surface area contributed by atoms with Crippen molar-refractivity contribution in [3.05, 3.63) is 0 Å². The molecule has 0 aromatic carbocycles. The smallest absolute Gasteiger partial charge is 0.135 e. The van der Waals surface area contributed by atoms with Crippen LogP contribution >= 0.6 is 0 Å². The van der Waals surface area contributed by atoms with Crippen LogP contribution < -0.4 is 0 Å². The monoisotopic (exact) mass is 346 g/mol. The second-order valence-electron chi connectivity index (χ2n) is 10.1. The molecule has 144 valence electrons. The van der Waals surface area contributed by atoms with Crippen LogP contribution in [-0.2, 0) is 4.79 Å². The minimum atomic E-state index is 0.389. The summed E-state index contributed by atoms with van der Waals surface area (Å²) in [5, 5.41) is 0. The predicted molar refractivity (Wildman–Crippen MR) is 107 cm³/mol. The van der Waals surface area contributed by atoms with Gasteiger partial charge in [0.2, 0.25) is 0 Å². The molecule has 0 heterocycles. The van der Waals surface area contributed by atoms with E-state index in [0.717, 1.165) is 55.3 Å². The van der Waals surface area contributed by atoms with Crippen molar-refractivity contribution >= 4 is 5.78 Å². The molecule has 1 nitrogen and oxygen atoms in total. The van der Waals surface area contributed by atoms with Crippen molar-refractivity contribution < 1.29 is 4.79 Å². The van der Waals surface area contributed by atoms with Gasteiger partial charge in [-0.3, -0.25) is 4.79 Å². The van der Waals surface area contributed by atoms with E-state index in [9.17, 15) is 4.79 Å². The largest absolute Gasteiger partial charge is 0.299 e. The highest BCUT2D eigenvalue weighted by Crippen LogP contribution is 2.45. The fraction of sp³-hybridized carbons (Fsp3) is 0.958. The summed E-state index contributed by atoms with van der Waals surface area (Å²) in [6, 6.07) is 0. The van der Waals surface area contributed by atoms with Crippen LogP contribution in [0.2, 0.25) is 0 Å². The third-order valence-electron chi connectivity index (χ3n) is 7.86. The van der Waals surface area contributed by atoms with Crippen molar-refractivity contribution in [3.63, 3.8) is 0 Å². The molecular formula is C24H42O. The van der Waals surface area contributed by atoms with Crippen LogP contribution in [0.5, 0.6) is 0 Å². The molecule has 3 rings (SSSR count). The van der Waals surface area contributed by atoms with E-state index in [4.69, 9.17) is 0 Å². The van der Waals surface area contributed by atoms with E-state index in [0.29, 0.717) is 11.7 Å². The Bertz CT molecular complexity index is 402. The van der Waals surface area contributed by atoms with Crippen LogP contribution in [0.25, 0.3) is 0 Å². The van der Waals surface area contributed by atoms with Crippen molar-refractivity contribution in [2.75, 3.05) is 0 Å². The van der Waals surface area contributed by atoms with Crippen molar-refractivity contribution in [3.8, 4) is 0 Å². The Morgan fingerprint density at radius 1 is 0.800 bits per heavy atom. The highest BCUT2D eigenvalue weighted by Gasteiger charge is 2.34. The summed E-state index contributed by atoms with van der Waals surface area (Å²) in [6.07, 6.45) is 20.3. The lowest BCUT2D eigenvalue weighted by atomic mass is 9.64. The Hall–Kier alpha value is -0.330. The molecule has 0 saturated heterocycles. The third kappa shape index (κ3) is 5.57. The lowest BCUT2D eigenvalue weighted by Crippen LogP contribution is -2.30. The molecule has 3 aliphatic rings. The second kappa shape index (κ2) is 9.56. The standard InChI is InChI=1S/C24H42O/c1-18-15-19(2)17-22(16-18)24(25)14-5-3-4-9-20-11-8-12-21-10-6-7-13-23(20)21/h18-23H,3-17H2,1-2H3. The maximum Gasteiger partial charge on any atom is 0.135 e. The average Bonchev–Trinajstić information content (AvgIpc) is 2.60. The summed E-state index contributed by atoms with van der Waals surface area (Å²) >= 11 is 0. The van der Waals surface area contributed by atoms with Crippen LogP contribution in [0.15, 0.2) is 0 Å². The van der Waals surface area contributed by atoms with Gasteiger partial charge in [0.25, 0.3) is 0 Å². The molecule has 0 radical (unpaired) electrons. The molecule has 25 heavy (non-hydrogen) atoms. The molecule has 0 bridgehead atoms. The molecule has 0 aliphatic heterocycles. The molecule has 5 unspecified atom stereocenters. The maximum absolute atomic E-state index is 12.5. The number of rotatable bonds is 7. The maximum atomic E-state index is 12.5. The summed E-state index contributed by atoms with van der Waals surface area (Å²) in [5.74, 6) is 5.65. The minimum absolute atomic E-state index is 0.389. The van der Waals surface area contributed by atoms with Crippen LogP contribution in [-0.4, -0.2) is 5.78 Å². The Balaban J connectivity index is 1.31. The highest BCUT2D eigenvalue weighted by molar-refractivity contribution is 5.81. The minimum Gasteiger partial charge on any atom is -0.299 e. The molecule has 5 atom stereocenters. The first-order valence-electron chi connectivity index (χ1n) is 11.7. The van der Waals surface area contributed by atoms with Gasteiger partial charge in [-0.15, -0.1) is 0 Å². The molecule has 3 fully saturated rings. The van der Waals surface area contributed by atoms with Gasteiger partial charge in [-0.2, -0.15) is 0 Å². The number of carbonyl (C=O) groups is 1. The van der Waals surface area contributed by atoms with E-state index >= 15 is 0 Å². The number of fused-ring (bicyclic) bond motifs is 1. The molecule has 3 saturated carbocycles. The Morgan fingerprint density at radius 2 is 1.52 bits per heavy atom. The fourth-order valence-corrected chi connectivity index (χ4v) is 6.73. The van der Waals surface area contributed by atoms with Gasteiger partial charge >= 0.3 is 0 Å².